The molecule has 0 atom stereocenters. The first-order valence-corrected chi connectivity index (χ1v) is 11.6. The largest absolute Gasteiger partial charge is 0.465 e. The minimum atomic E-state index is -3.74. The molecule has 0 spiro atoms. The van der Waals surface area contributed by atoms with Gasteiger partial charge < -0.3 is 4.74 Å². The molecule has 2 aromatic heterocycles. The van der Waals surface area contributed by atoms with Crippen LogP contribution in [0, 0.1) is 13.8 Å². The quantitative estimate of drug-likeness (QED) is 0.408. The number of thiazole rings is 1. The zero-order valence-electron chi connectivity index (χ0n) is 16.9. The number of carbonyl (C=O) groups excluding carboxylic acids is 2. The Morgan fingerprint density at radius 1 is 1.20 bits per heavy atom. The number of nitrogens with zero attached hydrogens (tertiary/aromatic N) is 3. The van der Waals surface area contributed by atoms with Crippen LogP contribution in [0.4, 0.5) is 5.69 Å². The van der Waals surface area contributed by atoms with Gasteiger partial charge in [-0.3, -0.25) is 13.7 Å². The van der Waals surface area contributed by atoms with E-state index in [-0.39, 0.29) is 23.6 Å². The first kappa shape index (κ1) is 21.7. The summed E-state index contributed by atoms with van der Waals surface area (Å²) in [6.45, 7) is 3.31. The molecule has 0 radical (unpaired) electrons. The summed E-state index contributed by atoms with van der Waals surface area (Å²) in [5, 5.41) is 2.58. The molecule has 0 saturated heterocycles. The second-order valence-electron chi connectivity index (χ2n) is 6.67. The Morgan fingerprint density at radius 2 is 1.87 bits per heavy atom. The molecule has 0 aliphatic carbocycles. The van der Waals surface area contributed by atoms with Gasteiger partial charge in [-0.05, 0) is 44.2 Å². The van der Waals surface area contributed by atoms with E-state index in [4.69, 9.17) is 0 Å². The van der Waals surface area contributed by atoms with Crippen LogP contribution >= 0.6 is 11.3 Å². The van der Waals surface area contributed by atoms with E-state index < -0.39 is 16.0 Å². The van der Waals surface area contributed by atoms with E-state index >= 15 is 0 Å². The molecule has 0 bridgehead atoms. The molecule has 0 aliphatic heterocycles. The predicted molar refractivity (Wildman–Crippen MR) is 115 cm³/mol. The Kier molecular flexibility index (Phi) is 6.09. The molecular weight excluding hydrogens is 426 g/mol. The van der Waals surface area contributed by atoms with Crippen LogP contribution in [0.1, 0.15) is 32.1 Å². The van der Waals surface area contributed by atoms with Gasteiger partial charge in [-0.15, -0.1) is 11.3 Å². The van der Waals surface area contributed by atoms with Crippen molar-refractivity contribution in [1.82, 2.24) is 9.55 Å². The van der Waals surface area contributed by atoms with Gasteiger partial charge in [-0.2, -0.15) is 0 Å². The fourth-order valence-corrected chi connectivity index (χ4v) is 4.77. The molecule has 8 nitrogen and oxygen atoms in total. The van der Waals surface area contributed by atoms with Crippen molar-refractivity contribution in [3.05, 3.63) is 64.4 Å². The highest BCUT2D eigenvalue weighted by Crippen LogP contribution is 2.24. The first-order valence-electron chi connectivity index (χ1n) is 8.91. The number of Topliss-reactive ketones (excluding diaryl/α,β-unsaturated/α-hetero) is 1. The van der Waals surface area contributed by atoms with Gasteiger partial charge >= 0.3 is 5.97 Å². The number of ketones is 1. The normalized spacial score (nSPS) is 11.3. The second kappa shape index (κ2) is 8.41. The summed E-state index contributed by atoms with van der Waals surface area (Å²) in [6.07, 6.45) is 2.72. The lowest BCUT2D eigenvalue weighted by molar-refractivity contribution is 0.0600. The van der Waals surface area contributed by atoms with Gasteiger partial charge in [0, 0.05) is 28.5 Å². The average molecular weight is 448 g/mol. The summed E-state index contributed by atoms with van der Waals surface area (Å²) >= 11 is 1.45. The van der Waals surface area contributed by atoms with Crippen LogP contribution in [0.5, 0.6) is 0 Å². The van der Waals surface area contributed by atoms with Gasteiger partial charge in [0.15, 0.2) is 10.9 Å². The predicted octanol–water partition coefficient (Wildman–Crippen LogP) is 2.99. The number of benzene rings is 1. The van der Waals surface area contributed by atoms with Crippen LogP contribution < -0.4 is 4.31 Å². The number of aryl methyl sites for hydroxylation is 1. The van der Waals surface area contributed by atoms with Gasteiger partial charge in [0.05, 0.1) is 31.2 Å². The lowest BCUT2D eigenvalue weighted by Crippen LogP contribution is -2.35. The van der Waals surface area contributed by atoms with Gasteiger partial charge in [-0.1, -0.05) is 0 Å². The van der Waals surface area contributed by atoms with Gasteiger partial charge in [0.2, 0.25) is 10.0 Å². The maximum absolute atomic E-state index is 13.0. The Hall–Kier alpha value is -2.98. The SMILES string of the molecule is COC(=O)c1ccc(N(CC(=O)c2cc(C)n(-c3nccs3)c2C)S(C)(=O)=O)cc1. The molecule has 158 valence electrons. The van der Waals surface area contributed by atoms with Crippen molar-refractivity contribution in [1.29, 1.82) is 0 Å². The monoisotopic (exact) mass is 447 g/mol. The van der Waals surface area contributed by atoms with Crippen molar-refractivity contribution in [2.75, 3.05) is 24.2 Å². The number of anilines is 1. The van der Waals surface area contributed by atoms with E-state index in [1.54, 1.807) is 19.2 Å². The topological polar surface area (TPSA) is 98.6 Å². The van der Waals surface area contributed by atoms with E-state index in [1.807, 2.05) is 16.9 Å². The van der Waals surface area contributed by atoms with E-state index in [2.05, 4.69) is 9.72 Å². The van der Waals surface area contributed by atoms with Crippen molar-refractivity contribution in [3.63, 3.8) is 0 Å². The highest BCUT2D eigenvalue weighted by atomic mass is 32.2. The molecular formula is C20H21N3O5S2. The maximum atomic E-state index is 13.0. The second-order valence-corrected chi connectivity index (χ2v) is 9.45. The number of sulfonamides is 1. The highest BCUT2D eigenvalue weighted by molar-refractivity contribution is 7.92. The molecule has 0 unspecified atom stereocenters. The van der Waals surface area contributed by atoms with Crippen LogP contribution in [-0.4, -0.2) is 49.6 Å². The van der Waals surface area contributed by atoms with Crippen LogP contribution in [0.25, 0.3) is 5.13 Å². The van der Waals surface area contributed by atoms with Gasteiger partial charge in [-0.25, -0.2) is 18.2 Å². The molecule has 0 N–H and O–H groups in total. The van der Waals surface area contributed by atoms with E-state index in [1.165, 1.54) is 42.7 Å². The molecule has 3 aromatic rings. The molecule has 0 saturated carbocycles. The molecule has 0 fully saturated rings. The summed E-state index contributed by atoms with van der Waals surface area (Å²) in [4.78, 5) is 28.9. The summed E-state index contributed by atoms with van der Waals surface area (Å²) in [5.74, 6) is -0.869. The Bertz CT molecular complexity index is 1180. The Balaban J connectivity index is 1.93. The third kappa shape index (κ3) is 4.29. The van der Waals surface area contributed by atoms with Crippen molar-refractivity contribution in [3.8, 4) is 5.13 Å². The number of hydrogen-bond acceptors (Lipinski definition) is 7. The first-order chi connectivity index (χ1) is 14.1. The van der Waals surface area contributed by atoms with E-state index in [9.17, 15) is 18.0 Å². The molecule has 10 heteroatoms. The molecule has 1 aromatic carbocycles. The van der Waals surface area contributed by atoms with E-state index in [0.717, 1.165) is 21.4 Å². The van der Waals surface area contributed by atoms with Crippen molar-refractivity contribution in [2.45, 2.75) is 13.8 Å². The zero-order valence-corrected chi connectivity index (χ0v) is 18.6. The highest BCUT2D eigenvalue weighted by Gasteiger charge is 2.25. The van der Waals surface area contributed by atoms with Crippen LogP contribution in [0.2, 0.25) is 0 Å². The number of hydrogen-bond donors (Lipinski definition) is 0. The van der Waals surface area contributed by atoms with Crippen LogP contribution in [0.3, 0.4) is 0 Å². The number of aromatic nitrogens is 2. The summed E-state index contributed by atoms with van der Waals surface area (Å²) < 4.78 is 32.3. The van der Waals surface area contributed by atoms with Crippen LogP contribution in [0.15, 0.2) is 41.9 Å². The van der Waals surface area contributed by atoms with Crippen molar-refractivity contribution < 1.29 is 22.7 Å². The summed E-state index contributed by atoms with van der Waals surface area (Å²) in [5.41, 5.74) is 2.53. The van der Waals surface area contributed by atoms with Crippen molar-refractivity contribution in [2.24, 2.45) is 0 Å². The summed E-state index contributed by atoms with van der Waals surface area (Å²) in [7, 11) is -2.48. The van der Waals surface area contributed by atoms with E-state index in [0.29, 0.717) is 11.3 Å². The number of carbonyl (C=O) groups is 2. The molecule has 2 heterocycles. The lowest BCUT2D eigenvalue weighted by atomic mass is 10.1. The minimum Gasteiger partial charge on any atom is -0.465 e. The standard InChI is InChI=1S/C20H21N3O5S2/c1-13-11-17(14(2)23(13)20-21-9-10-29-20)18(24)12-22(30(4,26)27)16-7-5-15(6-8-16)19(25)28-3/h5-11H,12H2,1-4H3. The number of esters is 1. The third-order valence-corrected chi connectivity index (χ3v) is 6.50. The fourth-order valence-electron chi connectivity index (χ4n) is 3.16. The van der Waals surface area contributed by atoms with Crippen molar-refractivity contribution >= 4 is 38.8 Å². The number of methoxy groups -OCH3 is 1. The Morgan fingerprint density at radius 3 is 2.40 bits per heavy atom. The van der Waals surface area contributed by atoms with Crippen LogP contribution in [-0.2, 0) is 14.8 Å². The number of rotatable bonds is 7. The smallest absolute Gasteiger partial charge is 0.337 e. The zero-order chi connectivity index (χ0) is 22.1. The lowest BCUT2D eigenvalue weighted by Gasteiger charge is -2.22. The molecule has 3 rings (SSSR count). The third-order valence-electron chi connectivity index (χ3n) is 4.61. The fraction of sp³-hybridized carbons (Fsp3) is 0.250. The minimum absolute atomic E-state index is 0.284. The maximum Gasteiger partial charge on any atom is 0.337 e. The molecule has 0 amide bonds. The summed E-state index contributed by atoms with van der Waals surface area (Å²) in [6, 6.07) is 7.59. The van der Waals surface area contributed by atoms with Gasteiger partial charge in [0.1, 0.15) is 0 Å². The molecule has 0 aliphatic rings. The average Bonchev–Trinajstić information content (AvgIpc) is 3.32. The Labute approximate surface area is 178 Å². The van der Waals surface area contributed by atoms with Gasteiger partial charge in [0.25, 0.3) is 0 Å². The number of ether oxygens (including phenoxy) is 1. The molecule has 30 heavy (non-hydrogen) atoms.